The van der Waals surface area contributed by atoms with Crippen molar-refractivity contribution in [1.29, 1.82) is 0 Å². The fourth-order valence-corrected chi connectivity index (χ4v) is 3.07. The minimum absolute atomic E-state index is 0. The summed E-state index contributed by atoms with van der Waals surface area (Å²) >= 11 is 6.23. The van der Waals surface area contributed by atoms with Crippen molar-refractivity contribution in [3.05, 3.63) is 40.7 Å². The maximum Gasteiger partial charge on any atom is 0.241 e. The SMILES string of the molecule is CNC(C(=O)NCCc1cc(Cl)c2c(c1)OCCO2)c1cnn(C)c1.Cl. The third-order valence-corrected chi connectivity index (χ3v) is 4.26. The van der Waals surface area contributed by atoms with Crippen LogP contribution in [0.25, 0.3) is 0 Å². The minimum Gasteiger partial charge on any atom is -0.486 e. The number of amides is 1. The first-order valence-corrected chi connectivity index (χ1v) is 8.48. The summed E-state index contributed by atoms with van der Waals surface area (Å²) in [5.41, 5.74) is 1.81. The smallest absolute Gasteiger partial charge is 0.241 e. The molecule has 0 aliphatic carbocycles. The van der Waals surface area contributed by atoms with E-state index >= 15 is 0 Å². The number of rotatable bonds is 6. The fraction of sp³-hybridized carbons (Fsp3) is 0.412. The zero-order valence-corrected chi connectivity index (χ0v) is 16.2. The van der Waals surface area contributed by atoms with Crippen molar-refractivity contribution in [2.45, 2.75) is 12.5 Å². The first kappa shape index (κ1) is 20.4. The van der Waals surface area contributed by atoms with Crippen molar-refractivity contribution in [2.24, 2.45) is 7.05 Å². The van der Waals surface area contributed by atoms with Crippen molar-refractivity contribution in [2.75, 3.05) is 26.8 Å². The van der Waals surface area contributed by atoms with E-state index in [1.165, 1.54) is 0 Å². The number of aromatic nitrogens is 2. The zero-order chi connectivity index (χ0) is 17.8. The van der Waals surface area contributed by atoms with Gasteiger partial charge < -0.3 is 20.1 Å². The summed E-state index contributed by atoms with van der Waals surface area (Å²) in [4.78, 5) is 12.4. The summed E-state index contributed by atoms with van der Waals surface area (Å²) < 4.78 is 12.7. The van der Waals surface area contributed by atoms with E-state index in [4.69, 9.17) is 21.1 Å². The number of carbonyl (C=O) groups excluding carboxylic acids is 1. The third kappa shape index (κ3) is 4.60. The highest BCUT2D eigenvalue weighted by atomic mass is 35.5. The van der Waals surface area contributed by atoms with Crippen LogP contribution in [0.2, 0.25) is 5.02 Å². The number of hydrogen-bond acceptors (Lipinski definition) is 5. The molecule has 0 saturated carbocycles. The van der Waals surface area contributed by atoms with Crippen molar-refractivity contribution >= 4 is 29.9 Å². The monoisotopic (exact) mass is 400 g/mol. The van der Waals surface area contributed by atoms with Gasteiger partial charge in [-0.1, -0.05) is 11.6 Å². The van der Waals surface area contributed by atoms with Crippen LogP contribution in [-0.2, 0) is 18.3 Å². The van der Waals surface area contributed by atoms with E-state index in [1.807, 2.05) is 25.4 Å². The molecule has 26 heavy (non-hydrogen) atoms. The second kappa shape index (κ2) is 9.12. The second-order valence-electron chi connectivity index (χ2n) is 5.81. The number of nitrogens with one attached hydrogen (secondary N) is 2. The molecule has 1 amide bonds. The first-order valence-electron chi connectivity index (χ1n) is 8.10. The molecule has 7 nitrogen and oxygen atoms in total. The number of ether oxygens (including phenoxy) is 2. The predicted octanol–water partition coefficient (Wildman–Crippen LogP) is 1.89. The van der Waals surface area contributed by atoms with Crippen LogP contribution in [0.15, 0.2) is 24.5 Å². The highest BCUT2D eigenvalue weighted by Crippen LogP contribution is 2.38. The Morgan fingerprint density at radius 1 is 1.38 bits per heavy atom. The number of aryl methyl sites for hydroxylation is 1. The molecule has 142 valence electrons. The summed E-state index contributed by atoms with van der Waals surface area (Å²) in [7, 11) is 3.57. The quantitative estimate of drug-likeness (QED) is 0.773. The van der Waals surface area contributed by atoms with Gasteiger partial charge in [0.15, 0.2) is 11.5 Å². The van der Waals surface area contributed by atoms with Crippen LogP contribution >= 0.6 is 24.0 Å². The van der Waals surface area contributed by atoms with Crippen LogP contribution in [0, 0.1) is 0 Å². The van der Waals surface area contributed by atoms with Crippen molar-refractivity contribution in [3.63, 3.8) is 0 Å². The number of nitrogens with zero attached hydrogens (tertiary/aromatic N) is 2. The van der Waals surface area contributed by atoms with E-state index in [1.54, 1.807) is 17.9 Å². The van der Waals surface area contributed by atoms with E-state index in [9.17, 15) is 4.79 Å². The molecular formula is C17H22Cl2N4O3. The van der Waals surface area contributed by atoms with Gasteiger partial charge >= 0.3 is 0 Å². The Kier molecular flexibility index (Phi) is 7.14. The number of halogens is 2. The van der Waals surface area contributed by atoms with Gasteiger partial charge in [-0.25, -0.2) is 0 Å². The lowest BCUT2D eigenvalue weighted by Crippen LogP contribution is -2.36. The van der Waals surface area contributed by atoms with Crippen LogP contribution in [0.3, 0.4) is 0 Å². The van der Waals surface area contributed by atoms with Gasteiger partial charge in [-0.05, 0) is 31.2 Å². The maximum absolute atomic E-state index is 12.4. The summed E-state index contributed by atoms with van der Waals surface area (Å²) in [6, 6.07) is 3.32. The molecule has 1 aromatic heterocycles. The molecule has 9 heteroatoms. The molecule has 2 N–H and O–H groups in total. The summed E-state index contributed by atoms with van der Waals surface area (Å²) in [6.07, 6.45) is 4.15. The summed E-state index contributed by atoms with van der Waals surface area (Å²) in [6.45, 7) is 1.51. The Labute approximate surface area is 163 Å². The molecule has 1 aromatic carbocycles. The van der Waals surface area contributed by atoms with Gasteiger partial charge in [-0.3, -0.25) is 9.48 Å². The Bertz CT molecular complexity index is 766. The lowest BCUT2D eigenvalue weighted by molar-refractivity contribution is -0.123. The average Bonchev–Trinajstić information content (AvgIpc) is 3.02. The van der Waals surface area contributed by atoms with Gasteiger partial charge in [-0.2, -0.15) is 5.10 Å². The Morgan fingerprint density at radius 2 is 2.15 bits per heavy atom. The van der Waals surface area contributed by atoms with E-state index in [0.29, 0.717) is 42.7 Å². The molecule has 0 saturated heterocycles. The van der Waals surface area contributed by atoms with Crippen molar-refractivity contribution in [3.8, 4) is 11.5 Å². The summed E-state index contributed by atoms with van der Waals surface area (Å²) in [5, 5.41) is 10.6. The van der Waals surface area contributed by atoms with Gasteiger partial charge in [0.25, 0.3) is 0 Å². The molecule has 3 rings (SSSR count). The Balaban J connectivity index is 0.00000243. The Morgan fingerprint density at radius 3 is 2.85 bits per heavy atom. The molecule has 0 radical (unpaired) electrons. The van der Waals surface area contributed by atoms with Crippen LogP contribution in [0.4, 0.5) is 0 Å². The number of fused-ring (bicyclic) bond motifs is 1. The standard InChI is InChI=1S/C17H21ClN4O3.ClH/c1-19-15(12-9-21-22(2)10-12)17(23)20-4-3-11-7-13(18)16-14(8-11)24-5-6-25-16;/h7-10,15,19H,3-6H2,1-2H3,(H,20,23);1H. The summed E-state index contributed by atoms with van der Waals surface area (Å²) in [5.74, 6) is 1.15. The van der Waals surface area contributed by atoms with E-state index in [0.717, 1.165) is 11.1 Å². The molecule has 2 heterocycles. The first-order chi connectivity index (χ1) is 12.1. The van der Waals surface area contributed by atoms with Gasteiger partial charge in [0.1, 0.15) is 19.3 Å². The Hall–Kier alpha value is -1.96. The van der Waals surface area contributed by atoms with E-state index in [2.05, 4.69) is 15.7 Å². The lowest BCUT2D eigenvalue weighted by atomic mass is 10.1. The maximum atomic E-state index is 12.4. The van der Waals surface area contributed by atoms with E-state index in [-0.39, 0.29) is 18.3 Å². The topological polar surface area (TPSA) is 77.4 Å². The molecule has 0 bridgehead atoms. The molecule has 0 fully saturated rings. The van der Waals surface area contributed by atoms with Gasteiger partial charge in [0, 0.05) is 25.4 Å². The number of benzene rings is 1. The molecular weight excluding hydrogens is 379 g/mol. The van der Waals surface area contributed by atoms with Crippen molar-refractivity contribution in [1.82, 2.24) is 20.4 Å². The van der Waals surface area contributed by atoms with Gasteiger partial charge in [-0.15, -0.1) is 12.4 Å². The average molecular weight is 401 g/mol. The lowest BCUT2D eigenvalue weighted by Gasteiger charge is -2.20. The molecule has 1 aliphatic heterocycles. The zero-order valence-electron chi connectivity index (χ0n) is 14.6. The number of carbonyl (C=O) groups is 1. The normalized spacial score (nSPS) is 13.7. The number of likely N-dealkylation sites (N-methyl/N-ethyl adjacent to an activating group) is 1. The van der Waals surface area contributed by atoms with Gasteiger partial charge in [0.05, 0.1) is 11.2 Å². The fourth-order valence-electron chi connectivity index (χ4n) is 2.78. The van der Waals surface area contributed by atoms with Crippen LogP contribution in [0.5, 0.6) is 11.5 Å². The van der Waals surface area contributed by atoms with Crippen LogP contribution in [0.1, 0.15) is 17.2 Å². The highest BCUT2D eigenvalue weighted by molar-refractivity contribution is 6.32. The van der Waals surface area contributed by atoms with Gasteiger partial charge in [0.2, 0.25) is 5.91 Å². The number of hydrogen-bond donors (Lipinski definition) is 2. The third-order valence-electron chi connectivity index (χ3n) is 3.98. The van der Waals surface area contributed by atoms with Crippen LogP contribution in [-0.4, -0.2) is 42.5 Å². The predicted molar refractivity (Wildman–Crippen MR) is 101 cm³/mol. The molecule has 2 aromatic rings. The van der Waals surface area contributed by atoms with Crippen LogP contribution < -0.4 is 20.1 Å². The van der Waals surface area contributed by atoms with Crippen molar-refractivity contribution < 1.29 is 14.3 Å². The second-order valence-corrected chi connectivity index (χ2v) is 6.22. The molecule has 1 atom stereocenters. The largest absolute Gasteiger partial charge is 0.486 e. The minimum atomic E-state index is -0.433. The molecule has 0 spiro atoms. The van der Waals surface area contributed by atoms with E-state index < -0.39 is 6.04 Å². The molecule has 1 aliphatic rings. The molecule has 1 unspecified atom stereocenters. The highest BCUT2D eigenvalue weighted by Gasteiger charge is 2.20.